The molecule has 0 aliphatic carbocycles. The number of nitrogens with one attached hydrogen (secondary N) is 2. The molecule has 1 unspecified atom stereocenters. The number of unbranched alkanes of at least 4 members (excludes halogenated alkanes) is 2. The molecule has 1 fully saturated rings. The molecule has 1 atom stereocenters. The first-order chi connectivity index (χ1) is 8.14. The van der Waals surface area contributed by atoms with Gasteiger partial charge in [0.1, 0.15) is 0 Å². The van der Waals surface area contributed by atoms with E-state index in [4.69, 9.17) is 0 Å². The predicted octanol–water partition coefficient (Wildman–Crippen LogP) is 3.32. The topological polar surface area (TPSA) is 24.1 Å². The minimum atomic E-state index is 0.471. The molecule has 1 heterocycles. The Morgan fingerprint density at radius 1 is 1.29 bits per heavy atom. The summed E-state index contributed by atoms with van der Waals surface area (Å²) in [7, 11) is 0. The van der Waals surface area contributed by atoms with Crippen molar-refractivity contribution in [1.29, 1.82) is 0 Å². The summed E-state index contributed by atoms with van der Waals surface area (Å²) in [6.45, 7) is 10.6. The van der Waals surface area contributed by atoms with E-state index in [9.17, 15) is 0 Å². The zero-order valence-corrected chi connectivity index (χ0v) is 12.1. The molecule has 0 amide bonds. The second-order valence-electron chi connectivity index (χ2n) is 6.38. The van der Waals surface area contributed by atoms with Gasteiger partial charge in [0.2, 0.25) is 0 Å². The van der Waals surface area contributed by atoms with Crippen LogP contribution in [0.25, 0.3) is 0 Å². The van der Waals surface area contributed by atoms with Crippen molar-refractivity contribution in [2.45, 2.75) is 71.8 Å². The van der Waals surface area contributed by atoms with Crippen molar-refractivity contribution in [3.63, 3.8) is 0 Å². The number of hydrogen-bond acceptors (Lipinski definition) is 2. The van der Waals surface area contributed by atoms with E-state index in [1.54, 1.807) is 0 Å². The highest BCUT2D eigenvalue weighted by Gasteiger charge is 2.17. The molecule has 2 nitrogen and oxygen atoms in total. The van der Waals surface area contributed by atoms with E-state index in [-0.39, 0.29) is 0 Å². The molecule has 1 rings (SSSR count). The van der Waals surface area contributed by atoms with Gasteiger partial charge in [0.25, 0.3) is 0 Å². The highest BCUT2D eigenvalue weighted by atomic mass is 14.9. The van der Waals surface area contributed by atoms with Gasteiger partial charge < -0.3 is 10.6 Å². The average Bonchev–Trinajstić information content (AvgIpc) is 2.77. The third-order valence-corrected chi connectivity index (χ3v) is 3.89. The van der Waals surface area contributed by atoms with E-state index in [1.165, 1.54) is 64.6 Å². The summed E-state index contributed by atoms with van der Waals surface area (Å²) in [5.74, 6) is 0. The highest BCUT2D eigenvalue weighted by molar-refractivity contribution is 4.76. The maximum absolute atomic E-state index is 3.64. The summed E-state index contributed by atoms with van der Waals surface area (Å²) < 4.78 is 0. The molecule has 0 radical (unpaired) electrons. The molecule has 0 bridgehead atoms. The first-order valence-electron chi connectivity index (χ1n) is 7.58. The minimum absolute atomic E-state index is 0.471. The maximum Gasteiger partial charge on any atom is 0.00796 e. The molecule has 0 aromatic rings. The predicted molar refractivity (Wildman–Crippen MR) is 76.4 cm³/mol. The first-order valence-corrected chi connectivity index (χ1v) is 7.58. The van der Waals surface area contributed by atoms with Crippen LogP contribution in [0.15, 0.2) is 0 Å². The summed E-state index contributed by atoms with van der Waals surface area (Å²) in [6.07, 6.45) is 9.50. The maximum atomic E-state index is 3.64. The summed E-state index contributed by atoms with van der Waals surface area (Å²) in [4.78, 5) is 0. The van der Waals surface area contributed by atoms with Gasteiger partial charge in [-0.3, -0.25) is 0 Å². The second kappa shape index (κ2) is 8.10. The van der Waals surface area contributed by atoms with Crippen molar-refractivity contribution in [2.75, 3.05) is 19.6 Å². The molecular formula is C15H32N2. The Balaban J connectivity index is 1.99. The molecule has 17 heavy (non-hydrogen) atoms. The van der Waals surface area contributed by atoms with Gasteiger partial charge >= 0.3 is 0 Å². The van der Waals surface area contributed by atoms with Crippen molar-refractivity contribution in [2.24, 2.45) is 5.41 Å². The van der Waals surface area contributed by atoms with Crippen molar-refractivity contribution >= 4 is 0 Å². The molecule has 2 N–H and O–H groups in total. The lowest BCUT2D eigenvalue weighted by atomic mass is 9.87. The first kappa shape index (κ1) is 15.0. The smallest absolute Gasteiger partial charge is 0.00796 e. The Labute approximate surface area is 108 Å². The fourth-order valence-electron chi connectivity index (χ4n) is 2.65. The van der Waals surface area contributed by atoms with Crippen molar-refractivity contribution < 1.29 is 0 Å². The summed E-state index contributed by atoms with van der Waals surface area (Å²) in [5.41, 5.74) is 0.471. The van der Waals surface area contributed by atoms with Gasteiger partial charge in [-0.05, 0) is 44.2 Å². The van der Waals surface area contributed by atoms with Gasteiger partial charge in [-0.2, -0.15) is 0 Å². The van der Waals surface area contributed by atoms with E-state index < -0.39 is 0 Å². The lowest BCUT2D eigenvalue weighted by molar-refractivity contribution is 0.300. The Kier molecular flexibility index (Phi) is 7.14. The molecule has 2 heteroatoms. The van der Waals surface area contributed by atoms with E-state index in [2.05, 4.69) is 31.4 Å². The van der Waals surface area contributed by atoms with Crippen LogP contribution < -0.4 is 10.6 Å². The zero-order valence-electron chi connectivity index (χ0n) is 12.1. The van der Waals surface area contributed by atoms with Crippen LogP contribution in [0.2, 0.25) is 0 Å². The Morgan fingerprint density at radius 3 is 2.76 bits per heavy atom. The van der Waals surface area contributed by atoms with Gasteiger partial charge in [0, 0.05) is 12.6 Å². The molecule has 0 saturated carbocycles. The van der Waals surface area contributed by atoms with Gasteiger partial charge in [0.15, 0.2) is 0 Å². The Hall–Kier alpha value is -0.0800. The van der Waals surface area contributed by atoms with Crippen molar-refractivity contribution in [3.05, 3.63) is 0 Å². The van der Waals surface area contributed by atoms with Crippen molar-refractivity contribution in [3.8, 4) is 0 Å². The summed E-state index contributed by atoms with van der Waals surface area (Å²) in [6, 6.07) is 0.783. The lowest BCUT2D eigenvalue weighted by Crippen LogP contribution is -2.33. The molecule has 0 aromatic carbocycles. The monoisotopic (exact) mass is 240 g/mol. The van der Waals surface area contributed by atoms with Crippen molar-refractivity contribution in [1.82, 2.24) is 10.6 Å². The van der Waals surface area contributed by atoms with E-state index >= 15 is 0 Å². The van der Waals surface area contributed by atoms with Crippen LogP contribution in [-0.2, 0) is 0 Å². The molecular weight excluding hydrogens is 208 g/mol. The van der Waals surface area contributed by atoms with E-state index in [1.807, 2.05) is 0 Å². The molecule has 1 aliphatic rings. The largest absolute Gasteiger partial charge is 0.316 e. The third-order valence-electron chi connectivity index (χ3n) is 3.89. The molecule has 102 valence electrons. The second-order valence-corrected chi connectivity index (χ2v) is 6.38. The summed E-state index contributed by atoms with van der Waals surface area (Å²) >= 11 is 0. The number of hydrogen-bond donors (Lipinski definition) is 2. The SMILES string of the molecule is CCCCCC(C)(C)CNCCC1CCCN1. The fraction of sp³-hybridized carbons (Fsp3) is 1.00. The van der Waals surface area contributed by atoms with Crippen LogP contribution in [0, 0.1) is 5.41 Å². The summed E-state index contributed by atoms with van der Waals surface area (Å²) in [5, 5.41) is 7.20. The van der Waals surface area contributed by atoms with Gasteiger partial charge in [-0.15, -0.1) is 0 Å². The zero-order chi connectivity index (χ0) is 12.6. The van der Waals surface area contributed by atoms with Crippen LogP contribution >= 0.6 is 0 Å². The highest BCUT2D eigenvalue weighted by Crippen LogP contribution is 2.22. The fourth-order valence-corrected chi connectivity index (χ4v) is 2.65. The number of rotatable bonds is 9. The minimum Gasteiger partial charge on any atom is -0.316 e. The van der Waals surface area contributed by atoms with Crippen LogP contribution in [0.5, 0.6) is 0 Å². The van der Waals surface area contributed by atoms with Gasteiger partial charge in [0.05, 0.1) is 0 Å². The molecule has 1 aliphatic heterocycles. The molecule has 0 aromatic heterocycles. The van der Waals surface area contributed by atoms with Gasteiger partial charge in [-0.1, -0.05) is 40.0 Å². The van der Waals surface area contributed by atoms with E-state index in [0.717, 1.165) is 6.04 Å². The van der Waals surface area contributed by atoms with Gasteiger partial charge in [-0.25, -0.2) is 0 Å². The van der Waals surface area contributed by atoms with E-state index in [0.29, 0.717) is 5.41 Å². The van der Waals surface area contributed by atoms with Crippen LogP contribution in [0.4, 0.5) is 0 Å². The Bertz CT molecular complexity index is 183. The normalized spacial score (nSPS) is 21.0. The standard InChI is InChI=1S/C15H32N2/c1-4-5-6-10-15(2,3)13-16-12-9-14-8-7-11-17-14/h14,16-17H,4-13H2,1-3H3. The van der Waals surface area contributed by atoms with Crippen LogP contribution in [0.3, 0.4) is 0 Å². The van der Waals surface area contributed by atoms with Crippen LogP contribution in [0.1, 0.15) is 65.7 Å². The molecule has 0 spiro atoms. The lowest BCUT2D eigenvalue weighted by Gasteiger charge is -2.25. The quantitative estimate of drug-likeness (QED) is 0.604. The third kappa shape index (κ3) is 7.05. The molecule has 1 saturated heterocycles. The van der Waals surface area contributed by atoms with Crippen LogP contribution in [-0.4, -0.2) is 25.7 Å². The average molecular weight is 240 g/mol. The Morgan fingerprint density at radius 2 is 2.12 bits per heavy atom.